The van der Waals surface area contributed by atoms with Crippen molar-refractivity contribution in [2.45, 2.75) is 32.8 Å². The van der Waals surface area contributed by atoms with E-state index < -0.39 is 0 Å². The minimum absolute atomic E-state index is 0.0208. The van der Waals surface area contributed by atoms with Crippen molar-refractivity contribution in [1.29, 1.82) is 0 Å². The second-order valence-electron chi connectivity index (χ2n) is 5.50. The number of carbonyl (C=O) groups excluding carboxylic acids is 1. The zero-order valence-electron chi connectivity index (χ0n) is 10.4. The first-order valence-corrected chi connectivity index (χ1v) is 6.32. The second-order valence-corrected chi connectivity index (χ2v) is 5.50. The first-order chi connectivity index (χ1) is 8.09. The number of rotatable bonds is 0. The maximum atomic E-state index is 11.7. The number of ether oxygens (including phenoxy) is 1. The van der Waals surface area contributed by atoms with E-state index in [2.05, 4.69) is 32.6 Å². The quantitative estimate of drug-likeness (QED) is 0.363. The lowest BCUT2D eigenvalue weighted by molar-refractivity contribution is -0.141. The first kappa shape index (κ1) is 10.8. The lowest BCUT2D eigenvalue weighted by Crippen LogP contribution is -2.29. The van der Waals surface area contributed by atoms with Crippen LogP contribution in [0.5, 0.6) is 0 Å². The molecule has 17 heavy (non-hydrogen) atoms. The van der Waals surface area contributed by atoms with Crippen LogP contribution >= 0.6 is 0 Å². The highest BCUT2D eigenvalue weighted by Crippen LogP contribution is 2.48. The van der Waals surface area contributed by atoms with Crippen molar-refractivity contribution >= 4 is 5.97 Å². The second kappa shape index (κ2) is 3.59. The van der Waals surface area contributed by atoms with Crippen LogP contribution in [0.4, 0.5) is 0 Å². The van der Waals surface area contributed by atoms with E-state index in [0.717, 1.165) is 12.8 Å². The Bertz CT molecular complexity index is 456. The van der Waals surface area contributed by atoms with Crippen LogP contribution in [0, 0.1) is 17.8 Å². The number of esters is 1. The predicted octanol–water partition coefficient (Wildman–Crippen LogP) is 3.02. The Balaban J connectivity index is 2.03. The van der Waals surface area contributed by atoms with E-state index in [1.165, 1.54) is 11.1 Å². The molecule has 0 aromatic carbocycles. The van der Waals surface area contributed by atoms with Crippen molar-refractivity contribution in [2.24, 2.45) is 17.8 Å². The van der Waals surface area contributed by atoms with Gasteiger partial charge < -0.3 is 4.74 Å². The van der Waals surface area contributed by atoms with Crippen LogP contribution in [0.3, 0.4) is 0 Å². The smallest absolute Gasteiger partial charge is 0.334 e. The summed E-state index contributed by atoms with van der Waals surface area (Å²) in [6.07, 6.45) is 6.59. The van der Waals surface area contributed by atoms with Crippen molar-refractivity contribution < 1.29 is 9.53 Å². The molecule has 0 bridgehead atoms. The lowest BCUT2D eigenvalue weighted by Gasteiger charge is -2.27. The summed E-state index contributed by atoms with van der Waals surface area (Å²) < 4.78 is 5.58. The summed E-state index contributed by atoms with van der Waals surface area (Å²) in [4.78, 5) is 11.7. The van der Waals surface area contributed by atoms with Crippen molar-refractivity contribution in [3.05, 3.63) is 35.5 Å². The zero-order valence-corrected chi connectivity index (χ0v) is 10.4. The van der Waals surface area contributed by atoms with E-state index in [1.54, 1.807) is 0 Å². The van der Waals surface area contributed by atoms with E-state index in [4.69, 9.17) is 4.74 Å². The van der Waals surface area contributed by atoms with Gasteiger partial charge >= 0.3 is 5.97 Å². The fourth-order valence-corrected chi connectivity index (χ4v) is 3.57. The number of allylic oxidation sites excluding steroid dienone is 3. The molecule has 0 spiro atoms. The van der Waals surface area contributed by atoms with Crippen LogP contribution in [0.15, 0.2) is 35.5 Å². The molecule has 3 rings (SSSR count). The van der Waals surface area contributed by atoms with E-state index in [0.29, 0.717) is 17.4 Å². The highest BCUT2D eigenvalue weighted by atomic mass is 16.6. The van der Waals surface area contributed by atoms with Gasteiger partial charge in [-0.25, -0.2) is 4.79 Å². The Morgan fingerprint density at radius 2 is 1.82 bits per heavy atom. The molecule has 0 radical (unpaired) electrons. The van der Waals surface area contributed by atoms with Gasteiger partial charge in [0.2, 0.25) is 0 Å². The van der Waals surface area contributed by atoms with E-state index in [-0.39, 0.29) is 18.0 Å². The van der Waals surface area contributed by atoms with Crippen LogP contribution in [-0.2, 0) is 9.53 Å². The monoisotopic (exact) mass is 230 g/mol. The average Bonchev–Trinajstić information content (AvgIpc) is 2.75. The van der Waals surface area contributed by atoms with Gasteiger partial charge in [-0.2, -0.15) is 0 Å². The minimum atomic E-state index is -0.189. The average molecular weight is 230 g/mol. The number of hydrogen-bond donors (Lipinski definition) is 0. The highest BCUT2D eigenvalue weighted by Gasteiger charge is 2.48. The zero-order chi connectivity index (χ0) is 12.2. The summed E-state index contributed by atoms with van der Waals surface area (Å²) in [5.74, 6) is 0.908. The van der Waals surface area contributed by atoms with Gasteiger partial charge in [-0.15, -0.1) is 0 Å². The number of fused-ring (bicyclic) bond motifs is 3. The molecule has 0 saturated carbocycles. The Morgan fingerprint density at radius 1 is 1.18 bits per heavy atom. The van der Waals surface area contributed by atoms with Crippen molar-refractivity contribution in [1.82, 2.24) is 0 Å². The molecular formula is C15H18O2. The molecule has 0 N–H and O–H groups in total. The number of carbonyl (C=O) groups is 1. The fourth-order valence-electron chi connectivity index (χ4n) is 3.57. The van der Waals surface area contributed by atoms with E-state index in [1.807, 2.05) is 0 Å². The molecule has 4 atom stereocenters. The van der Waals surface area contributed by atoms with Crippen LogP contribution in [0.25, 0.3) is 0 Å². The summed E-state index contributed by atoms with van der Waals surface area (Å²) >= 11 is 0. The van der Waals surface area contributed by atoms with E-state index >= 15 is 0 Å². The molecule has 1 aliphatic heterocycles. The molecular weight excluding hydrogens is 212 g/mol. The summed E-state index contributed by atoms with van der Waals surface area (Å²) in [5, 5.41) is 0. The van der Waals surface area contributed by atoms with Gasteiger partial charge in [0.1, 0.15) is 6.10 Å². The summed E-state index contributed by atoms with van der Waals surface area (Å²) in [5.41, 5.74) is 3.49. The molecule has 3 aliphatic rings. The summed E-state index contributed by atoms with van der Waals surface area (Å²) in [6.45, 7) is 8.27. The molecule has 1 saturated heterocycles. The first-order valence-electron chi connectivity index (χ1n) is 6.32. The predicted molar refractivity (Wildman–Crippen MR) is 66.2 cm³/mol. The van der Waals surface area contributed by atoms with Crippen LogP contribution in [0.2, 0.25) is 0 Å². The highest BCUT2D eigenvalue weighted by molar-refractivity contribution is 5.91. The largest absolute Gasteiger partial charge is 0.458 e. The van der Waals surface area contributed by atoms with Gasteiger partial charge in [-0.05, 0) is 32.6 Å². The Morgan fingerprint density at radius 3 is 2.59 bits per heavy atom. The molecule has 90 valence electrons. The Labute approximate surface area is 102 Å². The molecule has 1 heterocycles. The van der Waals surface area contributed by atoms with Gasteiger partial charge in [0.25, 0.3) is 0 Å². The molecule has 0 aromatic rings. The maximum absolute atomic E-state index is 11.7. The molecule has 0 aromatic heterocycles. The van der Waals surface area contributed by atoms with Crippen LogP contribution < -0.4 is 0 Å². The third-order valence-electron chi connectivity index (χ3n) is 4.64. The van der Waals surface area contributed by atoms with Gasteiger partial charge in [-0.1, -0.05) is 29.9 Å². The van der Waals surface area contributed by atoms with Crippen molar-refractivity contribution in [3.63, 3.8) is 0 Å². The van der Waals surface area contributed by atoms with Crippen LogP contribution in [0.1, 0.15) is 26.7 Å². The van der Waals surface area contributed by atoms with Gasteiger partial charge in [0.15, 0.2) is 0 Å². The van der Waals surface area contributed by atoms with Crippen molar-refractivity contribution in [3.8, 4) is 0 Å². The fraction of sp³-hybridized carbons (Fsp3) is 0.533. The third kappa shape index (κ3) is 1.43. The van der Waals surface area contributed by atoms with E-state index in [9.17, 15) is 4.79 Å². The lowest BCUT2D eigenvalue weighted by atomic mass is 9.79. The van der Waals surface area contributed by atoms with Crippen LogP contribution in [-0.4, -0.2) is 12.1 Å². The third-order valence-corrected chi connectivity index (χ3v) is 4.64. The molecule has 1 fully saturated rings. The molecule has 0 amide bonds. The molecule has 2 heteroatoms. The van der Waals surface area contributed by atoms with Gasteiger partial charge in [0.05, 0.1) is 0 Å². The standard InChI is InChI=1S/C15H18O2/c1-8-4-7-12-10(3)15(16)17-14(12)13-9(2)5-6-11(8)13/h4-5,11-14H,3,6-7H2,1-2H3/t11-,12+,13+,14+/m1/s1. The molecule has 2 nitrogen and oxygen atoms in total. The minimum Gasteiger partial charge on any atom is -0.458 e. The van der Waals surface area contributed by atoms with Crippen molar-refractivity contribution in [2.75, 3.05) is 0 Å². The normalized spacial score (nSPS) is 40.1. The molecule has 0 unspecified atom stereocenters. The summed E-state index contributed by atoms with van der Waals surface area (Å²) in [7, 11) is 0. The van der Waals surface area contributed by atoms with Gasteiger partial charge in [0, 0.05) is 17.4 Å². The SMILES string of the molecule is C=C1C(=O)O[C@@H]2[C@H]3C(C)=CC[C@@H]3C(C)=CC[C@@H]12. The van der Waals surface area contributed by atoms with Gasteiger partial charge in [-0.3, -0.25) is 0 Å². The number of hydrogen-bond acceptors (Lipinski definition) is 2. The Kier molecular flexibility index (Phi) is 2.29. The molecule has 2 aliphatic carbocycles. The summed E-state index contributed by atoms with van der Waals surface area (Å²) in [6, 6.07) is 0. The Hall–Kier alpha value is -1.31. The topological polar surface area (TPSA) is 26.3 Å². The maximum Gasteiger partial charge on any atom is 0.334 e.